The Bertz CT molecular complexity index is 1080. The van der Waals surface area contributed by atoms with Gasteiger partial charge in [-0.3, -0.25) is 9.59 Å². The predicted molar refractivity (Wildman–Crippen MR) is 115 cm³/mol. The summed E-state index contributed by atoms with van der Waals surface area (Å²) in [5.74, 6) is -1.29. The molecule has 0 aliphatic heterocycles. The molecule has 4 saturated carbocycles. The summed E-state index contributed by atoms with van der Waals surface area (Å²) < 4.78 is 26.8. The molecule has 2 aromatic carbocycles. The molecule has 32 heavy (non-hydrogen) atoms. The maximum atomic E-state index is 13.5. The number of aryl methyl sites for hydroxylation is 1. The quantitative estimate of drug-likeness (QED) is 0.678. The topological polar surface area (TPSA) is 66.4 Å². The fourth-order valence-electron chi connectivity index (χ4n) is 6.52. The van der Waals surface area contributed by atoms with E-state index in [1.54, 1.807) is 18.2 Å². The predicted octanol–water partition coefficient (Wildman–Crippen LogP) is 4.43. The Balaban J connectivity index is 1.37. The highest BCUT2D eigenvalue weighted by Crippen LogP contribution is 2.55. The standard InChI is InChI=1S/C26H27F2NO3/c1-2-16-10-17(23(30)18-4-6-21(27)22(28)11-18)3-5-20(16)25(31)29-24-19-8-14-7-15(9-19)13-26(24,32)12-14/h3-6,10-11,14-15,19,24,32H,2,7-9,12-13H2,1H3,(H,29,31). The average Bonchev–Trinajstić information content (AvgIpc) is 2.76. The molecule has 1 amide bonds. The molecule has 0 heterocycles. The van der Waals surface area contributed by atoms with E-state index in [-0.39, 0.29) is 17.5 Å². The number of rotatable bonds is 5. The molecule has 3 atom stereocenters. The van der Waals surface area contributed by atoms with Crippen LogP contribution >= 0.6 is 0 Å². The lowest BCUT2D eigenvalue weighted by atomic mass is 9.52. The molecule has 4 aliphatic rings. The van der Waals surface area contributed by atoms with Gasteiger partial charge in [-0.25, -0.2) is 8.78 Å². The van der Waals surface area contributed by atoms with Crippen LogP contribution in [0.1, 0.15) is 70.9 Å². The molecule has 0 spiro atoms. The van der Waals surface area contributed by atoms with Crippen molar-refractivity contribution in [3.05, 3.63) is 70.3 Å². The summed E-state index contributed by atoms with van der Waals surface area (Å²) in [7, 11) is 0. The van der Waals surface area contributed by atoms with Crippen molar-refractivity contribution in [3.8, 4) is 0 Å². The Morgan fingerprint density at radius 1 is 1.00 bits per heavy atom. The third-order valence-electron chi connectivity index (χ3n) is 7.73. The lowest BCUT2D eigenvalue weighted by molar-refractivity contribution is -0.146. The highest BCUT2D eigenvalue weighted by molar-refractivity contribution is 6.09. The summed E-state index contributed by atoms with van der Waals surface area (Å²) in [6, 6.07) is 7.63. The van der Waals surface area contributed by atoms with Gasteiger partial charge in [0.1, 0.15) is 0 Å². The highest BCUT2D eigenvalue weighted by atomic mass is 19.2. The lowest BCUT2D eigenvalue weighted by Gasteiger charge is -2.58. The van der Waals surface area contributed by atoms with Crippen LogP contribution in [0.3, 0.4) is 0 Å². The maximum Gasteiger partial charge on any atom is 0.251 e. The molecule has 4 fully saturated rings. The number of benzene rings is 2. The Labute approximate surface area is 186 Å². The first-order valence-corrected chi connectivity index (χ1v) is 11.4. The van der Waals surface area contributed by atoms with Crippen molar-refractivity contribution in [1.82, 2.24) is 5.32 Å². The van der Waals surface area contributed by atoms with E-state index in [1.807, 2.05) is 6.92 Å². The molecule has 168 valence electrons. The van der Waals surface area contributed by atoms with Crippen LogP contribution in [-0.4, -0.2) is 28.4 Å². The van der Waals surface area contributed by atoms with Crippen LogP contribution in [0.25, 0.3) is 0 Å². The second-order valence-electron chi connectivity index (χ2n) is 9.85. The van der Waals surface area contributed by atoms with E-state index < -0.39 is 23.0 Å². The zero-order valence-corrected chi connectivity index (χ0v) is 18.0. The zero-order chi connectivity index (χ0) is 22.6. The minimum atomic E-state index is -1.07. The summed E-state index contributed by atoms with van der Waals surface area (Å²) in [4.78, 5) is 26.0. The molecule has 4 nitrogen and oxygen atoms in total. The zero-order valence-electron chi connectivity index (χ0n) is 18.0. The van der Waals surface area contributed by atoms with Crippen LogP contribution in [0.2, 0.25) is 0 Å². The summed E-state index contributed by atoms with van der Waals surface area (Å²) in [6.07, 6.45) is 5.37. The fraction of sp³-hybridized carbons (Fsp3) is 0.462. The molecule has 0 saturated heterocycles. The first-order valence-electron chi connectivity index (χ1n) is 11.4. The van der Waals surface area contributed by atoms with Gasteiger partial charge in [0.25, 0.3) is 5.91 Å². The largest absolute Gasteiger partial charge is 0.388 e. The van der Waals surface area contributed by atoms with Crippen molar-refractivity contribution in [3.63, 3.8) is 0 Å². The molecule has 0 radical (unpaired) electrons. The number of hydrogen-bond acceptors (Lipinski definition) is 3. The van der Waals surface area contributed by atoms with Gasteiger partial charge in [-0.1, -0.05) is 13.0 Å². The molecular weight excluding hydrogens is 412 g/mol. The normalized spacial score (nSPS) is 30.4. The molecule has 3 unspecified atom stereocenters. The monoisotopic (exact) mass is 439 g/mol. The van der Waals surface area contributed by atoms with Gasteiger partial charge >= 0.3 is 0 Å². The number of amides is 1. The van der Waals surface area contributed by atoms with E-state index in [0.717, 1.165) is 37.8 Å². The van der Waals surface area contributed by atoms with Gasteiger partial charge in [-0.2, -0.15) is 0 Å². The number of aliphatic hydroxyl groups is 1. The maximum absolute atomic E-state index is 13.5. The first kappa shape index (κ1) is 21.3. The Morgan fingerprint density at radius 2 is 1.66 bits per heavy atom. The number of carbonyl (C=O) groups is 2. The van der Waals surface area contributed by atoms with Gasteiger partial charge in [0.05, 0.1) is 11.6 Å². The lowest BCUT2D eigenvalue weighted by Crippen LogP contribution is -2.66. The molecule has 6 heteroatoms. The highest BCUT2D eigenvalue weighted by Gasteiger charge is 2.56. The minimum Gasteiger partial charge on any atom is -0.388 e. The molecule has 4 bridgehead atoms. The average molecular weight is 440 g/mol. The van der Waals surface area contributed by atoms with Crippen molar-refractivity contribution < 1.29 is 23.5 Å². The first-order chi connectivity index (χ1) is 15.3. The van der Waals surface area contributed by atoms with Gasteiger partial charge in [-0.05, 0) is 92.2 Å². The van der Waals surface area contributed by atoms with Gasteiger partial charge in [-0.15, -0.1) is 0 Å². The van der Waals surface area contributed by atoms with Crippen LogP contribution in [0.5, 0.6) is 0 Å². The van der Waals surface area contributed by atoms with Crippen molar-refractivity contribution in [2.24, 2.45) is 17.8 Å². The fourth-order valence-corrected chi connectivity index (χ4v) is 6.52. The Hall–Kier alpha value is -2.60. The summed E-state index contributed by atoms with van der Waals surface area (Å²) in [5, 5.41) is 14.4. The summed E-state index contributed by atoms with van der Waals surface area (Å²) in [5.41, 5.74) is 0.731. The van der Waals surface area contributed by atoms with E-state index in [4.69, 9.17) is 0 Å². The smallest absolute Gasteiger partial charge is 0.251 e. The number of ketones is 1. The number of carbonyl (C=O) groups excluding carboxylic acids is 2. The van der Waals surface area contributed by atoms with Crippen LogP contribution in [0.4, 0.5) is 8.78 Å². The number of hydrogen-bond donors (Lipinski definition) is 2. The molecular formula is C26H27F2NO3. The van der Waals surface area contributed by atoms with Crippen molar-refractivity contribution in [2.75, 3.05) is 0 Å². The molecule has 2 aromatic rings. The molecule has 4 aliphatic carbocycles. The Morgan fingerprint density at radius 3 is 2.28 bits per heavy atom. The third kappa shape index (κ3) is 3.54. The van der Waals surface area contributed by atoms with Crippen molar-refractivity contribution in [1.29, 1.82) is 0 Å². The molecule has 6 rings (SSSR count). The van der Waals surface area contributed by atoms with E-state index in [1.165, 1.54) is 12.5 Å². The Kier molecular flexibility index (Phi) is 5.16. The summed E-state index contributed by atoms with van der Waals surface area (Å²) in [6.45, 7) is 1.90. The molecule has 2 N–H and O–H groups in total. The van der Waals surface area contributed by atoms with Crippen molar-refractivity contribution >= 4 is 11.7 Å². The van der Waals surface area contributed by atoms with E-state index in [0.29, 0.717) is 40.9 Å². The minimum absolute atomic E-state index is 0.0546. The third-order valence-corrected chi connectivity index (χ3v) is 7.73. The van der Waals surface area contributed by atoms with Gasteiger partial charge < -0.3 is 10.4 Å². The van der Waals surface area contributed by atoms with Crippen molar-refractivity contribution in [2.45, 2.75) is 57.1 Å². The van der Waals surface area contributed by atoms with Crippen LogP contribution in [0.15, 0.2) is 36.4 Å². The van der Waals surface area contributed by atoms with E-state index in [2.05, 4.69) is 5.32 Å². The van der Waals surface area contributed by atoms with Crippen LogP contribution < -0.4 is 5.32 Å². The SMILES string of the molecule is CCc1cc(C(=O)c2ccc(F)c(F)c2)ccc1C(=O)NC1C2CC3CC(C2)CC1(O)C3. The number of halogens is 2. The van der Waals surface area contributed by atoms with Crippen LogP contribution in [0, 0.1) is 29.4 Å². The second-order valence-corrected chi connectivity index (χ2v) is 9.85. The van der Waals surface area contributed by atoms with E-state index >= 15 is 0 Å². The van der Waals surface area contributed by atoms with E-state index in [9.17, 15) is 23.5 Å². The molecule has 0 aromatic heterocycles. The number of nitrogens with one attached hydrogen (secondary N) is 1. The van der Waals surface area contributed by atoms with Gasteiger partial charge in [0.2, 0.25) is 0 Å². The van der Waals surface area contributed by atoms with Gasteiger partial charge in [0.15, 0.2) is 17.4 Å². The summed E-state index contributed by atoms with van der Waals surface area (Å²) >= 11 is 0. The van der Waals surface area contributed by atoms with Crippen LogP contribution in [-0.2, 0) is 6.42 Å². The van der Waals surface area contributed by atoms with Gasteiger partial charge in [0, 0.05) is 16.7 Å². The second kappa shape index (κ2) is 7.77.